The lowest BCUT2D eigenvalue weighted by molar-refractivity contribution is -0.167. The number of esters is 1. The van der Waals surface area contributed by atoms with E-state index >= 15 is 0 Å². The molecule has 6 atom stereocenters. The van der Waals surface area contributed by atoms with Gasteiger partial charge in [-0.05, 0) is 91.7 Å². The minimum absolute atomic E-state index is 0.103. The van der Waals surface area contributed by atoms with Gasteiger partial charge in [-0.1, -0.05) is 13.0 Å². The Balaban J connectivity index is 1.69. The maximum atomic E-state index is 12.1. The minimum Gasteiger partial charge on any atom is -0.479 e. The van der Waals surface area contributed by atoms with Gasteiger partial charge in [-0.25, -0.2) is 0 Å². The summed E-state index contributed by atoms with van der Waals surface area (Å²) in [6.45, 7) is 3.80. The molecule has 5 heterocycles. The summed E-state index contributed by atoms with van der Waals surface area (Å²) in [4.78, 5) is 23.8. The Morgan fingerprint density at radius 2 is 2.11 bits per heavy atom. The lowest BCUT2D eigenvalue weighted by Crippen LogP contribution is -2.52. The zero-order valence-corrected chi connectivity index (χ0v) is 16.6. The van der Waals surface area contributed by atoms with Gasteiger partial charge < -0.3 is 9.47 Å². The third-order valence-corrected chi connectivity index (χ3v) is 8.17. The molecular weight excluding hydrogens is 352 g/mol. The van der Waals surface area contributed by atoms with E-state index in [4.69, 9.17) is 9.47 Å². The molecule has 8 bridgehead atoms. The van der Waals surface area contributed by atoms with E-state index < -0.39 is 11.7 Å². The smallest absolute Gasteiger partial charge is 0.303 e. The molecule has 4 nitrogen and oxygen atoms in total. The predicted molar refractivity (Wildman–Crippen MR) is 105 cm³/mol. The molecule has 4 heteroatoms. The van der Waals surface area contributed by atoms with E-state index in [0.717, 1.165) is 44.1 Å². The van der Waals surface area contributed by atoms with Crippen molar-refractivity contribution < 1.29 is 19.1 Å². The first-order valence-electron chi connectivity index (χ1n) is 10.6. The predicted octanol–water partition coefficient (Wildman–Crippen LogP) is 4.36. The molecule has 2 saturated carbocycles. The summed E-state index contributed by atoms with van der Waals surface area (Å²) in [5.41, 5.74) is 2.09. The summed E-state index contributed by atoms with van der Waals surface area (Å²) in [5, 5.41) is 0. The lowest BCUT2D eigenvalue weighted by atomic mass is 9.53. The molecule has 0 amide bonds. The molecule has 0 N–H and O–H groups in total. The first-order valence-corrected chi connectivity index (χ1v) is 10.6. The summed E-state index contributed by atoms with van der Waals surface area (Å²) in [7, 11) is 0. The number of aldehydes is 1. The van der Waals surface area contributed by atoms with E-state index in [1.807, 2.05) is 12.1 Å². The van der Waals surface area contributed by atoms with E-state index in [1.165, 1.54) is 24.5 Å². The zero-order valence-electron chi connectivity index (χ0n) is 16.6. The van der Waals surface area contributed by atoms with Gasteiger partial charge in [-0.2, -0.15) is 0 Å². The van der Waals surface area contributed by atoms with Crippen LogP contribution in [0.3, 0.4) is 0 Å². The molecule has 0 aromatic heterocycles. The fourth-order valence-electron chi connectivity index (χ4n) is 6.92. The second-order valence-corrected chi connectivity index (χ2v) is 9.33. The van der Waals surface area contributed by atoms with E-state index in [9.17, 15) is 9.59 Å². The van der Waals surface area contributed by atoms with Gasteiger partial charge in [0.2, 0.25) is 0 Å². The highest BCUT2D eigenvalue weighted by Gasteiger charge is 2.63. The van der Waals surface area contributed by atoms with Crippen LogP contribution in [0.4, 0.5) is 0 Å². The molecule has 9 rings (SSSR count). The molecule has 2 fully saturated rings. The Kier molecular flexibility index (Phi) is 3.98. The fourth-order valence-corrected chi connectivity index (χ4v) is 6.92. The van der Waals surface area contributed by atoms with Crippen molar-refractivity contribution in [1.29, 1.82) is 0 Å². The second-order valence-electron chi connectivity index (χ2n) is 9.33. The van der Waals surface area contributed by atoms with Gasteiger partial charge >= 0.3 is 5.97 Å². The molecule has 1 aromatic carbocycles. The van der Waals surface area contributed by atoms with Crippen molar-refractivity contribution in [3.8, 4) is 5.75 Å². The second kappa shape index (κ2) is 6.20. The quantitative estimate of drug-likeness (QED) is 0.435. The Morgan fingerprint density at radius 3 is 2.89 bits per heavy atom. The molecule has 5 aliphatic heterocycles. The topological polar surface area (TPSA) is 52.6 Å². The Bertz CT molecular complexity index is 858. The number of carbonyl (C=O) groups is 2. The highest BCUT2D eigenvalue weighted by atomic mass is 16.6. The minimum atomic E-state index is -0.678. The normalized spacial score (nSPS) is 40.4. The fraction of sp³-hybridized carbons (Fsp3) is 0.583. The van der Waals surface area contributed by atoms with Crippen molar-refractivity contribution >= 4 is 12.3 Å². The van der Waals surface area contributed by atoms with Gasteiger partial charge in [0.25, 0.3) is 0 Å². The molecule has 2 unspecified atom stereocenters. The van der Waals surface area contributed by atoms with Crippen molar-refractivity contribution in [2.45, 2.75) is 70.0 Å². The molecule has 3 aliphatic carbocycles. The van der Waals surface area contributed by atoms with Crippen LogP contribution in [0.15, 0.2) is 30.4 Å². The first-order chi connectivity index (χ1) is 13.5. The number of benzene rings is 1. The summed E-state index contributed by atoms with van der Waals surface area (Å²) in [5.74, 6) is 2.23. The van der Waals surface area contributed by atoms with Gasteiger partial charge in [0, 0.05) is 12.3 Å². The van der Waals surface area contributed by atoms with Crippen molar-refractivity contribution in [2.75, 3.05) is 0 Å². The van der Waals surface area contributed by atoms with Crippen LogP contribution in [0.25, 0.3) is 0 Å². The number of hydrogen-bond acceptors (Lipinski definition) is 4. The summed E-state index contributed by atoms with van der Waals surface area (Å²) < 4.78 is 12.0. The molecule has 8 aliphatic rings. The Labute approximate surface area is 166 Å². The summed E-state index contributed by atoms with van der Waals surface area (Å²) >= 11 is 0. The number of hydrogen-bond donors (Lipinski definition) is 0. The maximum Gasteiger partial charge on any atom is 0.303 e. The Morgan fingerprint density at radius 1 is 1.25 bits per heavy atom. The number of aryl methyl sites for hydroxylation is 1. The van der Waals surface area contributed by atoms with Crippen LogP contribution in [0, 0.1) is 17.3 Å². The maximum absolute atomic E-state index is 12.1. The number of carbonyl (C=O) groups excluding carboxylic acids is 2. The van der Waals surface area contributed by atoms with E-state index in [0.29, 0.717) is 17.8 Å². The van der Waals surface area contributed by atoms with Gasteiger partial charge in [0.1, 0.15) is 11.4 Å². The molecule has 1 aromatic rings. The standard InChI is InChI=1S/C24H28O4/c1-15(26)28-24-11-7-18(14-25)27-17-4-6-19-16(13-17)3-5-21-20(19)8-10-23(24,2)22(21)9-12-24/h4,6-7,11,13-14,18,20-22H,3,5,8-10,12H2,1-2H3/t18?,20?,21-,22-,23-,24+/m0/s1. The van der Waals surface area contributed by atoms with Crippen LogP contribution in [-0.4, -0.2) is 24.0 Å². The molecule has 0 radical (unpaired) electrons. The lowest BCUT2D eigenvalue weighted by Gasteiger charge is -2.53. The molecular formula is C24H28O4. The van der Waals surface area contributed by atoms with Crippen LogP contribution in [0.5, 0.6) is 5.75 Å². The van der Waals surface area contributed by atoms with Crippen molar-refractivity contribution in [3.05, 3.63) is 41.5 Å². The number of rotatable bonds is 2. The van der Waals surface area contributed by atoms with Gasteiger partial charge in [0.15, 0.2) is 12.4 Å². The van der Waals surface area contributed by atoms with Crippen LogP contribution in [0.2, 0.25) is 0 Å². The molecule has 0 saturated heterocycles. The van der Waals surface area contributed by atoms with Gasteiger partial charge in [0.05, 0.1) is 0 Å². The van der Waals surface area contributed by atoms with E-state index in [2.05, 4.69) is 19.1 Å². The third-order valence-electron chi connectivity index (χ3n) is 8.17. The average molecular weight is 380 g/mol. The highest BCUT2D eigenvalue weighted by Crippen LogP contribution is 2.65. The largest absolute Gasteiger partial charge is 0.479 e. The molecule has 28 heavy (non-hydrogen) atoms. The van der Waals surface area contributed by atoms with E-state index in [1.54, 1.807) is 6.08 Å². The molecule has 0 spiro atoms. The average Bonchev–Trinajstić information content (AvgIpc) is 2.97. The monoisotopic (exact) mass is 380 g/mol. The summed E-state index contributed by atoms with van der Waals surface area (Å²) in [6.07, 6.45) is 10.2. The number of fused-ring (bicyclic) bond motifs is 1. The zero-order chi connectivity index (χ0) is 19.5. The van der Waals surface area contributed by atoms with Crippen LogP contribution < -0.4 is 4.74 Å². The highest BCUT2D eigenvalue weighted by molar-refractivity contribution is 5.67. The summed E-state index contributed by atoms with van der Waals surface area (Å²) in [6, 6.07) is 6.36. The third kappa shape index (κ3) is 2.42. The van der Waals surface area contributed by atoms with Gasteiger partial charge in [-0.3, -0.25) is 9.59 Å². The van der Waals surface area contributed by atoms with Gasteiger partial charge in [-0.15, -0.1) is 0 Å². The van der Waals surface area contributed by atoms with E-state index in [-0.39, 0.29) is 11.4 Å². The van der Waals surface area contributed by atoms with Crippen LogP contribution in [-0.2, 0) is 20.7 Å². The first kappa shape index (κ1) is 18.0. The van der Waals surface area contributed by atoms with Crippen molar-refractivity contribution in [2.24, 2.45) is 17.3 Å². The SMILES string of the molecule is CC(=O)O[C@@]12C=CC(C=O)Oc3ccc4c(c3)CC[C@H]3C4CC[C@@]1(C)[C@H]3CC2. The van der Waals surface area contributed by atoms with Crippen molar-refractivity contribution in [3.63, 3.8) is 0 Å². The Hall–Kier alpha value is -2.10. The number of ether oxygens (including phenoxy) is 2. The van der Waals surface area contributed by atoms with Crippen LogP contribution in [0.1, 0.15) is 63.0 Å². The molecule has 148 valence electrons. The van der Waals surface area contributed by atoms with Crippen LogP contribution >= 0.6 is 0 Å². The van der Waals surface area contributed by atoms with Crippen molar-refractivity contribution in [1.82, 2.24) is 0 Å².